The van der Waals surface area contributed by atoms with E-state index in [0.717, 1.165) is 4.90 Å². The summed E-state index contributed by atoms with van der Waals surface area (Å²) in [4.78, 5) is 47.7. The molecule has 0 spiro atoms. The van der Waals surface area contributed by atoms with Gasteiger partial charge in [0.25, 0.3) is 5.91 Å². The van der Waals surface area contributed by atoms with Gasteiger partial charge in [0.05, 0.1) is 15.6 Å². The Morgan fingerprint density at radius 1 is 1.12 bits per heavy atom. The summed E-state index contributed by atoms with van der Waals surface area (Å²) in [5.41, 5.74) is 0.188. The number of imide groups is 1. The number of aliphatic carboxylic acids is 1. The summed E-state index contributed by atoms with van der Waals surface area (Å²) in [6, 6.07) is 3.59. The number of amides is 3. The number of benzene rings is 1. The van der Waals surface area contributed by atoms with Crippen LogP contribution in [0.5, 0.6) is 0 Å². The highest BCUT2D eigenvalue weighted by molar-refractivity contribution is 6.39. The third-order valence-corrected chi connectivity index (χ3v) is 4.70. The van der Waals surface area contributed by atoms with Gasteiger partial charge in [0.2, 0.25) is 11.8 Å². The number of halogens is 2. The van der Waals surface area contributed by atoms with Crippen molar-refractivity contribution in [1.82, 2.24) is 10.2 Å². The van der Waals surface area contributed by atoms with Gasteiger partial charge in [-0.05, 0) is 31.4 Å². The molecular weight excluding hydrogens is 383 g/mol. The van der Waals surface area contributed by atoms with Gasteiger partial charge < -0.3 is 10.4 Å². The molecule has 2 N–H and O–H groups in total. The van der Waals surface area contributed by atoms with Crippen LogP contribution in [0.15, 0.2) is 18.2 Å². The lowest BCUT2D eigenvalue weighted by Crippen LogP contribution is -2.44. The lowest BCUT2D eigenvalue weighted by Gasteiger charge is -2.22. The first-order valence-electron chi connectivity index (χ1n) is 8.13. The SMILES string of the molecule is O=C(NCCCCC(C(=O)O)N1C(=O)CCC1=O)c1c(Cl)cccc1Cl. The summed E-state index contributed by atoms with van der Waals surface area (Å²) < 4.78 is 0. The molecule has 1 fully saturated rings. The first kappa shape index (κ1) is 20.2. The smallest absolute Gasteiger partial charge is 0.326 e. The van der Waals surface area contributed by atoms with Crippen LogP contribution in [0.2, 0.25) is 10.0 Å². The van der Waals surface area contributed by atoms with E-state index in [-0.39, 0.29) is 41.4 Å². The van der Waals surface area contributed by atoms with Crippen molar-refractivity contribution in [1.29, 1.82) is 0 Å². The zero-order chi connectivity index (χ0) is 19.3. The van der Waals surface area contributed by atoms with Gasteiger partial charge in [-0.2, -0.15) is 0 Å². The van der Waals surface area contributed by atoms with Crippen LogP contribution in [-0.2, 0) is 14.4 Å². The highest BCUT2D eigenvalue weighted by Crippen LogP contribution is 2.24. The molecule has 1 aliphatic heterocycles. The van der Waals surface area contributed by atoms with E-state index >= 15 is 0 Å². The fourth-order valence-electron chi connectivity index (χ4n) is 2.77. The highest BCUT2D eigenvalue weighted by atomic mass is 35.5. The number of nitrogens with zero attached hydrogens (tertiary/aromatic N) is 1. The molecule has 1 atom stereocenters. The summed E-state index contributed by atoms with van der Waals surface area (Å²) in [5.74, 6) is -2.53. The van der Waals surface area contributed by atoms with Crippen LogP contribution in [0.3, 0.4) is 0 Å². The minimum atomic E-state index is -1.21. The van der Waals surface area contributed by atoms with E-state index in [1.807, 2.05) is 0 Å². The molecule has 1 saturated heterocycles. The molecule has 0 radical (unpaired) electrons. The number of carbonyl (C=O) groups excluding carboxylic acids is 3. The largest absolute Gasteiger partial charge is 0.480 e. The summed E-state index contributed by atoms with van der Waals surface area (Å²) >= 11 is 11.9. The molecule has 26 heavy (non-hydrogen) atoms. The number of nitrogens with one attached hydrogen (secondary N) is 1. The zero-order valence-corrected chi connectivity index (χ0v) is 15.3. The van der Waals surface area contributed by atoms with Gasteiger partial charge in [-0.15, -0.1) is 0 Å². The summed E-state index contributed by atoms with van der Waals surface area (Å²) in [7, 11) is 0. The van der Waals surface area contributed by atoms with Crippen LogP contribution in [-0.4, -0.2) is 46.3 Å². The maximum Gasteiger partial charge on any atom is 0.326 e. The molecule has 1 aliphatic rings. The van der Waals surface area contributed by atoms with E-state index < -0.39 is 29.7 Å². The van der Waals surface area contributed by atoms with E-state index in [0.29, 0.717) is 12.8 Å². The van der Waals surface area contributed by atoms with Crippen molar-refractivity contribution in [3.63, 3.8) is 0 Å². The van der Waals surface area contributed by atoms with Gasteiger partial charge in [0.1, 0.15) is 6.04 Å². The summed E-state index contributed by atoms with van der Waals surface area (Å²) in [6.07, 6.45) is 1.14. The minimum absolute atomic E-state index is 0.0528. The van der Waals surface area contributed by atoms with Gasteiger partial charge >= 0.3 is 5.97 Å². The fourth-order valence-corrected chi connectivity index (χ4v) is 3.34. The third-order valence-electron chi connectivity index (χ3n) is 4.07. The first-order chi connectivity index (χ1) is 12.3. The Balaban J connectivity index is 1.82. The van der Waals surface area contributed by atoms with Gasteiger partial charge in [-0.25, -0.2) is 4.79 Å². The quantitative estimate of drug-likeness (QED) is 0.515. The molecule has 140 valence electrons. The molecule has 0 aromatic heterocycles. The second-order valence-electron chi connectivity index (χ2n) is 5.86. The lowest BCUT2D eigenvalue weighted by atomic mass is 10.1. The van der Waals surface area contributed by atoms with Crippen molar-refractivity contribution in [3.8, 4) is 0 Å². The molecule has 7 nitrogen and oxygen atoms in total. The van der Waals surface area contributed by atoms with Gasteiger partial charge in [0, 0.05) is 19.4 Å². The number of likely N-dealkylation sites (tertiary alicyclic amines) is 1. The standard InChI is InChI=1S/C17H18Cl2N2O5/c18-10-4-3-5-11(19)15(10)16(24)20-9-2-1-6-12(17(25)26)21-13(22)7-8-14(21)23/h3-5,12H,1-2,6-9H2,(H,20,24)(H,25,26). The second-order valence-corrected chi connectivity index (χ2v) is 6.67. The average molecular weight is 401 g/mol. The van der Waals surface area contributed by atoms with Crippen molar-refractivity contribution in [2.75, 3.05) is 6.54 Å². The Morgan fingerprint density at radius 3 is 2.23 bits per heavy atom. The van der Waals surface area contributed by atoms with E-state index in [2.05, 4.69) is 5.32 Å². The summed E-state index contributed by atoms with van der Waals surface area (Å²) in [6.45, 7) is 0.286. The van der Waals surface area contributed by atoms with Crippen molar-refractivity contribution < 1.29 is 24.3 Å². The van der Waals surface area contributed by atoms with Crippen molar-refractivity contribution in [2.24, 2.45) is 0 Å². The van der Waals surface area contributed by atoms with E-state index in [9.17, 15) is 24.3 Å². The maximum atomic E-state index is 12.1. The number of hydrogen-bond donors (Lipinski definition) is 2. The number of rotatable bonds is 8. The van der Waals surface area contributed by atoms with Crippen LogP contribution >= 0.6 is 23.2 Å². The van der Waals surface area contributed by atoms with Crippen molar-refractivity contribution in [3.05, 3.63) is 33.8 Å². The third kappa shape index (κ3) is 4.74. The molecule has 1 heterocycles. The predicted octanol–water partition coefficient (Wildman–Crippen LogP) is 2.50. The lowest BCUT2D eigenvalue weighted by molar-refractivity contribution is -0.154. The molecule has 1 aromatic rings. The number of carbonyl (C=O) groups is 4. The van der Waals surface area contributed by atoms with E-state index in [1.165, 1.54) is 0 Å². The first-order valence-corrected chi connectivity index (χ1v) is 8.88. The number of hydrogen-bond acceptors (Lipinski definition) is 4. The Kier molecular flexibility index (Phi) is 6.99. The maximum absolute atomic E-state index is 12.1. The number of unbranched alkanes of at least 4 members (excludes halogenated alkanes) is 1. The Labute approximate surface area is 160 Å². The predicted molar refractivity (Wildman–Crippen MR) is 95.2 cm³/mol. The molecule has 2 rings (SSSR count). The fraction of sp³-hybridized carbons (Fsp3) is 0.412. The number of carboxylic acid groups (broad SMARTS) is 1. The molecule has 1 aromatic carbocycles. The zero-order valence-electron chi connectivity index (χ0n) is 13.8. The van der Waals surface area contributed by atoms with E-state index in [1.54, 1.807) is 18.2 Å². The molecule has 9 heteroatoms. The summed E-state index contributed by atoms with van der Waals surface area (Å²) in [5, 5.41) is 12.4. The topological polar surface area (TPSA) is 104 Å². The van der Waals surface area contributed by atoms with E-state index in [4.69, 9.17) is 23.2 Å². The van der Waals surface area contributed by atoms with Crippen LogP contribution in [0.4, 0.5) is 0 Å². The minimum Gasteiger partial charge on any atom is -0.480 e. The van der Waals surface area contributed by atoms with Crippen LogP contribution in [0.25, 0.3) is 0 Å². The van der Waals surface area contributed by atoms with Crippen LogP contribution < -0.4 is 5.32 Å². The van der Waals surface area contributed by atoms with Crippen LogP contribution in [0.1, 0.15) is 42.5 Å². The molecule has 3 amide bonds. The molecule has 0 saturated carbocycles. The van der Waals surface area contributed by atoms with Gasteiger partial charge in [-0.1, -0.05) is 29.3 Å². The van der Waals surface area contributed by atoms with Gasteiger partial charge in [-0.3, -0.25) is 19.3 Å². The molecule has 0 bridgehead atoms. The number of carboxylic acids is 1. The molecule has 1 unspecified atom stereocenters. The average Bonchev–Trinajstić information content (AvgIpc) is 2.89. The van der Waals surface area contributed by atoms with Crippen molar-refractivity contribution >= 4 is 46.9 Å². The second kappa shape index (κ2) is 9.00. The van der Waals surface area contributed by atoms with Crippen molar-refractivity contribution in [2.45, 2.75) is 38.1 Å². The van der Waals surface area contributed by atoms with Crippen LogP contribution in [0, 0.1) is 0 Å². The highest BCUT2D eigenvalue weighted by Gasteiger charge is 2.38. The Bertz CT molecular complexity index is 702. The van der Waals surface area contributed by atoms with Gasteiger partial charge in [0.15, 0.2) is 0 Å². The normalized spacial score (nSPS) is 15.2. The molecule has 0 aliphatic carbocycles. The Morgan fingerprint density at radius 2 is 1.69 bits per heavy atom. The monoisotopic (exact) mass is 400 g/mol. The molecular formula is C17H18Cl2N2O5. The Hall–Kier alpha value is -2.12.